The molecule has 1 aliphatic rings. The van der Waals surface area contributed by atoms with E-state index < -0.39 is 48.5 Å². The van der Waals surface area contributed by atoms with Crippen molar-refractivity contribution in [3.63, 3.8) is 0 Å². The Hall–Kier alpha value is -3.47. The highest BCUT2D eigenvalue weighted by Gasteiger charge is 2.36. The van der Waals surface area contributed by atoms with Crippen LogP contribution in [0.2, 0.25) is 0 Å². The molecule has 3 heterocycles. The summed E-state index contributed by atoms with van der Waals surface area (Å²) in [4.78, 5) is 32.3. The summed E-state index contributed by atoms with van der Waals surface area (Å²) in [5.41, 5.74) is 1.41. The van der Waals surface area contributed by atoms with Crippen LogP contribution in [0.4, 0.5) is 17.6 Å². The van der Waals surface area contributed by atoms with Crippen LogP contribution in [0.3, 0.4) is 0 Å². The molecule has 1 aliphatic heterocycles. The Morgan fingerprint density at radius 1 is 1.16 bits per heavy atom. The number of rotatable bonds is 8. The normalized spacial score (nSPS) is 19.0. The van der Waals surface area contributed by atoms with Crippen molar-refractivity contribution >= 4 is 17.3 Å². The zero-order valence-corrected chi connectivity index (χ0v) is 20.5. The average molecular weight is 520 g/mol. The van der Waals surface area contributed by atoms with Crippen LogP contribution < -0.4 is 10.6 Å². The Bertz CT molecular complexity index is 1240. The van der Waals surface area contributed by atoms with E-state index in [-0.39, 0.29) is 18.4 Å². The van der Waals surface area contributed by atoms with Gasteiger partial charge in [-0.15, -0.1) is 0 Å². The van der Waals surface area contributed by atoms with Crippen LogP contribution in [0.15, 0.2) is 49.1 Å². The number of alkyl halides is 2. The van der Waals surface area contributed by atoms with E-state index in [2.05, 4.69) is 15.6 Å². The zero-order chi connectivity index (χ0) is 26.7. The van der Waals surface area contributed by atoms with E-state index in [0.717, 1.165) is 6.07 Å². The van der Waals surface area contributed by atoms with E-state index in [1.54, 1.807) is 54.0 Å². The van der Waals surface area contributed by atoms with Gasteiger partial charge in [0.1, 0.15) is 11.6 Å². The lowest BCUT2D eigenvalue weighted by Gasteiger charge is -2.40. The number of piperidine rings is 1. The molecule has 3 atom stereocenters. The quantitative estimate of drug-likeness (QED) is 0.446. The fourth-order valence-electron chi connectivity index (χ4n) is 4.89. The number of imidazole rings is 1. The maximum absolute atomic E-state index is 14.0. The Morgan fingerprint density at radius 3 is 2.57 bits per heavy atom. The summed E-state index contributed by atoms with van der Waals surface area (Å²) < 4.78 is 55.4. The second-order valence-corrected chi connectivity index (χ2v) is 9.59. The molecule has 1 fully saturated rings. The van der Waals surface area contributed by atoms with Crippen LogP contribution >= 0.6 is 0 Å². The number of fused-ring (bicyclic) bond motifs is 1. The number of likely N-dealkylation sites (tertiary alicyclic amines) is 1. The second-order valence-electron chi connectivity index (χ2n) is 9.59. The van der Waals surface area contributed by atoms with E-state index in [1.165, 1.54) is 12.1 Å². The van der Waals surface area contributed by atoms with Gasteiger partial charge in [0.05, 0.1) is 42.2 Å². The van der Waals surface area contributed by atoms with Crippen molar-refractivity contribution in [2.45, 2.75) is 44.7 Å². The molecule has 0 radical (unpaired) electrons. The van der Waals surface area contributed by atoms with Crippen LogP contribution in [-0.2, 0) is 4.79 Å². The summed E-state index contributed by atoms with van der Waals surface area (Å²) in [5, 5.41) is 5.46. The van der Waals surface area contributed by atoms with Gasteiger partial charge in [-0.25, -0.2) is 22.5 Å². The van der Waals surface area contributed by atoms with Gasteiger partial charge in [-0.2, -0.15) is 0 Å². The monoisotopic (exact) mass is 519 g/mol. The molecule has 7 nitrogen and oxygen atoms in total. The van der Waals surface area contributed by atoms with Gasteiger partial charge in [0.25, 0.3) is 12.3 Å². The highest BCUT2D eigenvalue weighted by atomic mass is 19.3. The maximum atomic E-state index is 14.0. The zero-order valence-electron chi connectivity index (χ0n) is 20.5. The van der Waals surface area contributed by atoms with Crippen molar-refractivity contribution in [1.82, 2.24) is 24.9 Å². The standard InChI is InChI=1S/C26H29F4N5O2/c1-15(2)24(32-12-23(29)30)25(36)33-21-13-34(7-5-19(21)16-8-17(27)10-18(28)9-16)26(37)20-4-3-6-35-14-31-11-22(20)35/h3-4,6,8-11,14-15,19,21,23-24,32H,5,7,12-13H2,1-2H3,(H,33,36)/t19-,21+,24+/m0/s1. The molecular formula is C26H29F4N5O2. The highest BCUT2D eigenvalue weighted by molar-refractivity contribution is 6.00. The predicted molar refractivity (Wildman–Crippen MR) is 129 cm³/mol. The molecule has 37 heavy (non-hydrogen) atoms. The summed E-state index contributed by atoms with van der Waals surface area (Å²) in [6.07, 6.45) is 2.63. The van der Waals surface area contributed by atoms with Crippen molar-refractivity contribution in [3.05, 3.63) is 71.8 Å². The number of hydrogen-bond donors (Lipinski definition) is 2. The minimum Gasteiger partial charge on any atom is -0.350 e. The molecule has 2 aromatic heterocycles. The number of aromatic nitrogens is 2. The lowest BCUT2D eigenvalue weighted by molar-refractivity contribution is -0.125. The minimum absolute atomic E-state index is 0.0717. The van der Waals surface area contributed by atoms with E-state index >= 15 is 0 Å². The Balaban J connectivity index is 1.61. The number of halogens is 4. The summed E-state index contributed by atoms with van der Waals surface area (Å²) in [6.45, 7) is 3.16. The second kappa shape index (κ2) is 11.3. The summed E-state index contributed by atoms with van der Waals surface area (Å²) in [6, 6.07) is 5.00. The number of nitrogens with zero attached hydrogens (tertiary/aromatic N) is 3. The molecule has 0 aliphatic carbocycles. The van der Waals surface area contributed by atoms with Crippen molar-refractivity contribution < 1.29 is 27.2 Å². The minimum atomic E-state index is -2.63. The van der Waals surface area contributed by atoms with Crippen molar-refractivity contribution in [2.24, 2.45) is 5.92 Å². The van der Waals surface area contributed by atoms with E-state index in [1.807, 2.05) is 0 Å². The fraction of sp³-hybridized carbons (Fsp3) is 0.423. The van der Waals surface area contributed by atoms with Crippen LogP contribution in [0.25, 0.3) is 5.52 Å². The van der Waals surface area contributed by atoms with Crippen molar-refractivity contribution in [2.75, 3.05) is 19.6 Å². The Kier molecular flexibility index (Phi) is 8.11. The van der Waals surface area contributed by atoms with Gasteiger partial charge >= 0.3 is 0 Å². The molecule has 198 valence electrons. The maximum Gasteiger partial charge on any atom is 0.256 e. The van der Waals surface area contributed by atoms with Gasteiger partial charge < -0.3 is 19.9 Å². The van der Waals surface area contributed by atoms with Gasteiger partial charge in [-0.1, -0.05) is 13.8 Å². The summed E-state index contributed by atoms with van der Waals surface area (Å²) in [7, 11) is 0. The van der Waals surface area contributed by atoms with Crippen LogP contribution in [0, 0.1) is 17.6 Å². The molecule has 11 heteroatoms. The smallest absolute Gasteiger partial charge is 0.256 e. The number of carbonyl (C=O) groups is 2. The molecule has 3 aromatic rings. The number of amides is 2. The molecule has 2 amide bonds. The molecule has 0 saturated carbocycles. The highest BCUT2D eigenvalue weighted by Crippen LogP contribution is 2.31. The predicted octanol–water partition coefficient (Wildman–Crippen LogP) is 3.61. The number of carbonyl (C=O) groups excluding carboxylic acids is 2. The first-order valence-electron chi connectivity index (χ1n) is 12.1. The molecule has 4 rings (SSSR count). The molecule has 1 aromatic carbocycles. The van der Waals surface area contributed by atoms with Crippen molar-refractivity contribution in [3.8, 4) is 0 Å². The lowest BCUT2D eigenvalue weighted by atomic mass is 9.84. The van der Waals surface area contributed by atoms with Crippen LogP contribution in [0.1, 0.15) is 42.1 Å². The first-order valence-corrected chi connectivity index (χ1v) is 12.1. The third-order valence-corrected chi connectivity index (χ3v) is 6.66. The van der Waals surface area contributed by atoms with Gasteiger partial charge in [0.15, 0.2) is 0 Å². The first kappa shape index (κ1) is 26.6. The molecule has 1 saturated heterocycles. The van der Waals surface area contributed by atoms with Crippen LogP contribution in [-0.4, -0.2) is 64.2 Å². The number of nitrogens with one attached hydrogen (secondary N) is 2. The molecule has 2 N–H and O–H groups in total. The van der Waals surface area contributed by atoms with Crippen molar-refractivity contribution in [1.29, 1.82) is 0 Å². The van der Waals surface area contributed by atoms with Gasteiger partial charge in [0, 0.05) is 31.3 Å². The number of pyridine rings is 1. The largest absolute Gasteiger partial charge is 0.350 e. The molecule has 0 spiro atoms. The summed E-state index contributed by atoms with van der Waals surface area (Å²) in [5.74, 6) is -3.08. The Morgan fingerprint density at radius 2 is 1.89 bits per heavy atom. The number of hydrogen-bond acceptors (Lipinski definition) is 4. The topological polar surface area (TPSA) is 78.7 Å². The van der Waals surface area contributed by atoms with Gasteiger partial charge in [-0.05, 0) is 42.2 Å². The lowest BCUT2D eigenvalue weighted by Crippen LogP contribution is -2.57. The van der Waals surface area contributed by atoms with Gasteiger partial charge in [-0.3, -0.25) is 9.59 Å². The van der Waals surface area contributed by atoms with E-state index in [9.17, 15) is 27.2 Å². The SMILES string of the molecule is CC(C)[C@@H](NCC(F)F)C(=O)N[C@@H]1CN(C(=O)c2cccn3cncc23)CC[C@H]1c1cc(F)cc(F)c1. The molecule has 0 unspecified atom stereocenters. The first-order chi connectivity index (χ1) is 17.6. The third kappa shape index (κ3) is 6.10. The average Bonchev–Trinajstić information content (AvgIpc) is 3.32. The fourth-order valence-corrected chi connectivity index (χ4v) is 4.89. The number of benzene rings is 1. The third-order valence-electron chi connectivity index (χ3n) is 6.66. The van der Waals surface area contributed by atoms with Gasteiger partial charge in [0.2, 0.25) is 5.91 Å². The van der Waals surface area contributed by atoms with E-state index in [0.29, 0.717) is 29.6 Å². The Labute approximate surface area is 211 Å². The molecule has 0 bridgehead atoms. The molecular weight excluding hydrogens is 490 g/mol. The van der Waals surface area contributed by atoms with Crippen LogP contribution in [0.5, 0.6) is 0 Å². The summed E-state index contributed by atoms with van der Waals surface area (Å²) >= 11 is 0. The van der Waals surface area contributed by atoms with E-state index in [4.69, 9.17) is 0 Å².